The number of methoxy groups -OCH3 is 1. The van der Waals surface area contributed by atoms with Crippen LogP contribution in [-0.2, 0) is 0 Å². The summed E-state index contributed by atoms with van der Waals surface area (Å²) in [4.78, 5) is 20.8. The number of hydrogen-bond donors (Lipinski definition) is 2. The Bertz CT molecular complexity index is 908. The topological polar surface area (TPSA) is 85.4 Å². The quantitative estimate of drug-likeness (QED) is 0.639. The van der Waals surface area contributed by atoms with Gasteiger partial charge in [0.25, 0.3) is 5.91 Å². The molecule has 0 aliphatic rings. The van der Waals surface area contributed by atoms with E-state index < -0.39 is 0 Å². The molecular formula is C21H22N4O3. The first-order valence-corrected chi connectivity index (χ1v) is 8.84. The predicted molar refractivity (Wildman–Crippen MR) is 108 cm³/mol. The summed E-state index contributed by atoms with van der Waals surface area (Å²) >= 11 is 0. The van der Waals surface area contributed by atoms with Gasteiger partial charge in [-0.1, -0.05) is 0 Å². The third kappa shape index (κ3) is 5.20. The molecule has 7 nitrogen and oxygen atoms in total. The molecule has 1 amide bonds. The molecule has 2 N–H and O–H groups in total. The van der Waals surface area contributed by atoms with Gasteiger partial charge in [-0.25, -0.2) is 9.97 Å². The Morgan fingerprint density at radius 1 is 0.893 bits per heavy atom. The van der Waals surface area contributed by atoms with Gasteiger partial charge in [-0.15, -0.1) is 0 Å². The van der Waals surface area contributed by atoms with Gasteiger partial charge in [0.2, 0.25) is 0 Å². The van der Waals surface area contributed by atoms with E-state index in [2.05, 4.69) is 20.6 Å². The number of hydrogen-bond acceptors (Lipinski definition) is 6. The van der Waals surface area contributed by atoms with Crippen molar-refractivity contribution in [2.24, 2.45) is 0 Å². The Balaban J connectivity index is 1.59. The van der Waals surface area contributed by atoms with E-state index in [1.807, 2.05) is 50.2 Å². The lowest BCUT2D eigenvalue weighted by Gasteiger charge is -2.10. The number of carbonyl (C=O) groups is 1. The lowest BCUT2D eigenvalue weighted by Crippen LogP contribution is -2.14. The number of rotatable bonds is 7. The average molecular weight is 378 g/mol. The van der Waals surface area contributed by atoms with Gasteiger partial charge in [-0.05, 0) is 62.4 Å². The first-order chi connectivity index (χ1) is 13.5. The highest BCUT2D eigenvalue weighted by atomic mass is 16.5. The largest absolute Gasteiger partial charge is 0.497 e. The number of amides is 1. The van der Waals surface area contributed by atoms with E-state index >= 15 is 0 Å². The molecule has 0 fully saturated rings. The molecule has 3 rings (SSSR count). The summed E-state index contributed by atoms with van der Waals surface area (Å²) in [7, 11) is 1.62. The third-order valence-corrected chi connectivity index (χ3v) is 3.73. The fraction of sp³-hybridized carbons (Fsp3) is 0.190. The van der Waals surface area contributed by atoms with Gasteiger partial charge in [-0.2, -0.15) is 0 Å². The van der Waals surface area contributed by atoms with Crippen molar-refractivity contribution >= 4 is 23.1 Å². The molecule has 1 aromatic heterocycles. The maximum atomic E-state index is 12.3. The van der Waals surface area contributed by atoms with E-state index in [0.29, 0.717) is 11.5 Å². The number of aromatic nitrogens is 2. The molecule has 0 saturated heterocycles. The standard InChI is InChI=1S/C21H22N4O3/c1-14(2)28-18-10-6-16(7-11-18)25-21(26)19-12-23-20(13-22-19)24-15-4-8-17(27-3)9-5-15/h4-14H,1-3H3,(H,23,24)(H,25,26). The molecule has 7 heteroatoms. The van der Waals surface area contributed by atoms with Crippen molar-refractivity contribution in [3.05, 3.63) is 66.6 Å². The molecule has 3 aromatic rings. The van der Waals surface area contributed by atoms with Gasteiger partial charge >= 0.3 is 0 Å². The molecule has 0 atom stereocenters. The zero-order chi connectivity index (χ0) is 19.9. The summed E-state index contributed by atoms with van der Waals surface area (Å²) in [6.45, 7) is 3.92. The summed E-state index contributed by atoms with van der Waals surface area (Å²) < 4.78 is 10.7. The Morgan fingerprint density at radius 3 is 2.11 bits per heavy atom. The van der Waals surface area contributed by atoms with Crippen LogP contribution in [0.5, 0.6) is 11.5 Å². The van der Waals surface area contributed by atoms with Crippen molar-refractivity contribution in [3.63, 3.8) is 0 Å². The highest BCUT2D eigenvalue weighted by molar-refractivity contribution is 6.02. The zero-order valence-corrected chi connectivity index (χ0v) is 16.0. The van der Waals surface area contributed by atoms with E-state index in [4.69, 9.17) is 9.47 Å². The molecule has 0 aliphatic heterocycles. The smallest absolute Gasteiger partial charge is 0.275 e. The average Bonchev–Trinajstić information content (AvgIpc) is 2.70. The van der Waals surface area contributed by atoms with E-state index in [0.717, 1.165) is 17.2 Å². The Kier molecular flexibility index (Phi) is 6.06. The summed E-state index contributed by atoms with van der Waals surface area (Å²) in [6.07, 6.45) is 3.04. The molecule has 0 aliphatic carbocycles. The van der Waals surface area contributed by atoms with Gasteiger partial charge < -0.3 is 20.1 Å². The normalized spacial score (nSPS) is 10.4. The van der Waals surface area contributed by atoms with Gasteiger partial charge in [-0.3, -0.25) is 4.79 Å². The molecule has 0 bridgehead atoms. The maximum Gasteiger partial charge on any atom is 0.275 e. The number of benzene rings is 2. The van der Waals surface area contributed by atoms with Crippen LogP contribution in [-0.4, -0.2) is 29.1 Å². The minimum Gasteiger partial charge on any atom is -0.497 e. The molecule has 0 radical (unpaired) electrons. The SMILES string of the molecule is COc1ccc(Nc2cnc(C(=O)Nc3ccc(OC(C)C)cc3)cn2)cc1. The highest BCUT2D eigenvalue weighted by Gasteiger charge is 2.09. The number of nitrogens with zero attached hydrogens (tertiary/aromatic N) is 2. The maximum absolute atomic E-state index is 12.3. The minimum atomic E-state index is -0.332. The van der Waals surface area contributed by atoms with Crippen molar-refractivity contribution in [1.29, 1.82) is 0 Å². The second-order valence-corrected chi connectivity index (χ2v) is 6.29. The van der Waals surface area contributed by atoms with Gasteiger partial charge in [0.05, 0.1) is 25.6 Å². The summed E-state index contributed by atoms with van der Waals surface area (Å²) in [5.41, 5.74) is 1.72. The van der Waals surface area contributed by atoms with Crippen molar-refractivity contribution in [2.45, 2.75) is 20.0 Å². The Hall–Kier alpha value is -3.61. The fourth-order valence-electron chi connectivity index (χ4n) is 2.42. The third-order valence-electron chi connectivity index (χ3n) is 3.73. The molecule has 144 valence electrons. The van der Waals surface area contributed by atoms with Crippen LogP contribution in [0, 0.1) is 0 Å². The Labute approximate surface area is 163 Å². The number of anilines is 3. The second kappa shape index (κ2) is 8.85. The van der Waals surface area contributed by atoms with Crippen LogP contribution in [0.1, 0.15) is 24.3 Å². The fourth-order valence-corrected chi connectivity index (χ4v) is 2.42. The number of carbonyl (C=O) groups excluding carboxylic acids is 1. The number of ether oxygens (including phenoxy) is 2. The molecule has 0 saturated carbocycles. The molecule has 0 spiro atoms. The van der Waals surface area contributed by atoms with Crippen molar-refractivity contribution in [3.8, 4) is 11.5 Å². The van der Waals surface area contributed by atoms with Crippen LogP contribution in [0.3, 0.4) is 0 Å². The molecule has 0 unspecified atom stereocenters. The van der Waals surface area contributed by atoms with Gasteiger partial charge in [0, 0.05) is 11.4 Å². The van der Waals surface area contributed by atoms with E-state index in [1.54, 1.807) is 19.2 Å². The van der Waals surface area contributed by atoms with Crippen LogP contribution < -0.4 is 20.1 Å². The summed E-state index contributed by atoms with van der Waals surface area (Å²) in [6, 6.07) is 14.6. The van der Waals surface area contributed by atoms with Crippen molar-refractivity contribution in [2.75, 3.05) is 17.7 Å². The van der Waals surface area contributed by atoms with Crippen LogP contribution in [0.25, 0.3) is 0 Å². The van der Waals surface area contributed by atoms with Crippen LogP contribution in [0.15, 0.2) is 60.9 Å². The minimum absolute atomic E-state index is 0.0979. The zero-order valence-electron chi connectivity index (χ0n) is 16.0. The van der Waals surface area contributed by atoms with Gasteiger partial charge in [0.1, 0.15) is 23.0 Å². The van der Waals surface area contributed by atoms with E-state index in [-0.39, 0.29) is 17.7 Å². The monoisotopic (exact) mass is 378 g/mol. The van der Waals surface area contributed by atoms with Gasteiger partial charge in [0.15, 0.2) is 0 Å². The molecule has 2 aromatic carbocycles. The highest BCUT2D eigenvalue weighted by Crippen LogP contribution is 2.19. The lowest BCUT2D eigenvalue weighted by molar-refractivity contribution is 0.102. The number of nitrogens with one attached hydrogen (secondary N) is 2. The molecule has 28 heavy (non-hydrogen) atoms. The van der Waals surface area contributed by atoms with Crippen LogP contribution >= 0.6 is 0 Å². The van der Waals surface area contributed by atoms with E-state index in [1.165, 1.54) is 12.4 Å². The Morgan fingerprint density at radius 2 is 1.54 bits per heavy atom. The van der Waals surface area contributed by atoms with Crippen molar-refractivity contribution in [1.82, 2.24) is 9.97 Å². The first-order valence-electron chi connectivity index (χ1n) is 8.84. The second-order valence-electron chi connectivity index (χ2n) is 6.29. The summed E-state index contributed by atoms with van der Waals surface area (Å²) in [5, 5.41) is 5.91. The first kappa shape index (κ1) is 19.2. The summed E-state index contributed by atoms with van der Waals surface area (Å²) in [5.74, 6) is 1.73. The molecular weight excluding hydrogens is 356 g/mol. The lowest BCUT2D eigenvalue weighted by atomic mass is 10.3. The van der Waals surface area contributed by atoms with Crippen molar-refractivity contribution < 1.29 is 14.3 Å². The van der Waals surface area contributed by atoms with Crippen LogP contribution in [0.2, 0.25) is 0 Å². The van der Waals surface area contributed by atoms with E-state index in [9.17, 15) is 4.79 Å². The predicted octanol–water partition coefficient (Wildman–Crippen LogP) is 4.27. The molecule has 1 heterocycles. The van der Waals surface area contributed by atoms with Crippen LogP contribution in [0.4, 0.5) is 17.2 Å².